The maximum atomic E-state index is 10.7. The highest BCUT2D eigenvalue weighted by molar-refractivity contribution is 9.10. The summed E-state index contributed by atoms with van der Waals surface area (Å²) in [4.78, 5) is 14.5. The van der Waals surface area contributed by atoms with Crippen molar-refractivity contribution in [2.24, 2.45) is 0 Å². The highest BCUT2D eigenvalue weighted by atomic mass is 79.9. The first-order valence-corrected chi connectivity index (χ1v) is 6.46. The molecule has 2 heterocycles. The number of hydrogen-bond acceptors (Lipinski definition) is 2. The number of halogens is 1. The number of carbonyl (C=O) groups is 1. The molecular weight excluding hydrogens is 286 g/mol. The Bertz CT molecular complexity index is 386. The second-order valence-electron chi connectivity index (χ2n) is 4.18. The molecule has 0 spiro atoms. The van der Waals surface area contributed by atoms with Crippen molar-refractivity contribution in [3.8, 4) is 0 Å². The van der Waals surface area contributed by atoms with Crippen LogP contribution in [0.4, 0.5) is 4.79 Å². The lowest BCUT2D eigenvalue weighted by Crippen LogP contribution is -2.48. The van der Waals surface area contributed by atoms with Gasteiger partial charge in [0.1, 0.15) is 0 Å². The maximum absolute atomic E-state index is 10.7. The number of hydrogen-bond donors (Lipinski definition) is 1. The van der Waals surface area contributed by atoms with Gasteiger partial charge in [0.2, 0.25) is 0 Å². The lowest BCUT2D eigenvalue weighted by molar-refractivity contribution is 0.104. The molecule has 1 aromatic heterocycles. The Balaban J connectivity index is 1.73. The van der Waals surface area contributed by atoms with E-state index in [9.17, 15) is 4.79 Å². The molecule has 0 unspecified atom stereocenters. The van der Waals surface area contributed by atoms with E-state index in [4.69, 9.17) is 5.11 Å². The Morgan fingerprint density at radius 3 is 2.53 bits per heavy atom. The molecule has 1 fully saturated rings. The fraction of sp³-hybridized carbons (Fsp3) is 0.545. The Hall–Kier alpha value is -1.01. The third-order valence-electron chi connectivity index (χ3n) is 3.03. The predicted octanol–water partition coefficient (Wildman–Crippen LogP) is 1.55. The summed E-state index contributed by atoms with van der Waals surface area (Å²) >= 11 is 3.42. The van der Waals surface area contributed by atoms with Crippen LogP contribution in [0.3, 0.4) is 0 Å². The molecule has 0 bridgehead atoms. The lowest BCUT2D eigenvalue weighted by atomic mass is 10.3. The van der Waals surface area contributed by atoms with Crippen molar-refractivity contribution in [2.45, 2.75) is 6.54 Å². The van der Waals surface area contributed by atoms with E-state index in [-0.39, 0.29) is 0 Å². The van der Waals surface area contributed by atoms with E-state index < -0.39 is 6.09 Å². The van der Waals surface area contributed by atoms with E-state index in [1.807, 2.05) is 18.5 Å². The Morgan fingerprint density at radius 2 is 2.00 bits per heavy atom. The number of piperazine rings is 1. The van der Waals surface area contributed by atoms with Crippen molar-refractivity contribution in [3.63, 3.8) is 0 Å². The van der Waals surface area contributed by atoms with E-state index >= 15 is 0 Å². The molecule has 0 saturated carbocycles. The Morgan fingerprint density at radius 1 is 1.29 bits per heavy atom. The molecule has 5 nitrogen and oxygen atoms in total. The van der Waals surface area contributed by atoms with Crippen LogP contribution in [0.1, 0.15) is 0 Å². The third-order valence-corrected chi connectivity index (χ3v) is 3.50. The van der Waals surface area contributed by atoms with Crippen molar-refractivity contribution in [1.29, 1.82) is 0 Å². The van der Waals surface area contributed by atoms with Crippen LogP contribution in [0.5, 0.6) is 0 Å². The van der Waals surface area contributed by atoms with Gasteiger partial charge in [0, 0.05) is 56.1 Å². The fourth-order valence-corrected chi connectivity index (χ4v) is 2.35. The first kappa shape index (κ1) is 12.4. The summed E-state index contributed by atoms with van der Waals surface area (Å²) in [7, 11) is 0. The minimum Gasteiger partial charge on any atom is -0.465 e. The summed E-state index contributed by atoms with van der Waals surface area (Å²) in [6.45, 7) is 4.80. The minimum atomic E-state index is -0.806. The van der Waals surface area contributed by atoms with Gasteiger partial charge in [0.05, 0.1) is 0 Å². The van der Waals surface area contributed by atoms with E-state index in [1.54, 1.807) is 0 Å². The van der Waals surface area contributed by atoms with Gasteiger partial charge in [-0.05, 0) is 22.0 Å². The fourth-order valence-electron chi connectivity index (χ4n) is 1.97. The van der Waals surface area contributed by atoms with Crippen LogP contribution < -0.4 is 0 Å². The van der Waals surface area contributed by atoms with Gasteiger partial charge in [-0.25, -0.2) is 4.79 Å². The molecule has 2 rings (SSSR count). The molecule has 94 valence electrons. The average molecular weight is 302 g/mol. The zero-order valence-electron chi connectivity index (χ0n) is 9.55. The summed E-state index contributed by atoms with van der Waals surface area (Å²) in [6.07, 6.45) is 3.28. The molecule has 1 aromatic rings. The largest absolute Gasteiger partial charge is 0.465 e. The van der Waals surface area contributed by atoms with Crippen LogP contribution in [0.15, 0.2) is 22.9 Å². The monoisotopic (exact) mass is 301 g/mol. The summed E-state index contributed by atoms with van der Waals surface area (Å²) in [5.41, 5.74) is 0. The summed E-state index contributed by atoms with van der Waals surface area (Å²) < 4.78 is 3.22. The lowest BCUT2D eigenvalue weighted by Gasteiger charge is -2.33. The second-order valence-corrected chi connectivity index (χ2v) is 5.09. The SMILES string of the molecule is O=C(O)N1CCN(CCn2ccc(Br)c2)CC1. The molecule has 1 aliphatic rings. The minimum absolute atomic E-state index is 0.616. The normalized spacial score (nSPS) is 17.4. The molecule has 0 atom stereocenters. The van der Waals surface area contributed by atoms with Gasteiger partial charge in [-0.1, -0.05) is 0 Å². The van der Waals surface area contributed by atoms with Gasteiger partial charge in [0.15, 0.2) is 0 Å². The molecule has 1 N–H and O–H groups in total. The van der Waals surface area contributed by atoms with E-state index in [1.165, 1.54) is 4.90 Å². The summed E-state index contributed by atoms with van der Waals surface area (Å²) in [5.74, 6) is 0. The standard InChI is InChI=1S/C11H16BrN3O2/c12-10-1-2-14(9-10)4-3-13-5-7-15(8-6-13)11(16)17/h1-2,9H,3-8H2,(H,16,17). The topological polar surface area (TPSA) is 48.7 Å². The van der Waals surface area contributed by atoms with Crippen LogP contribution >= 0.6 is 15.9 Å². The van der Waals surface area contributed by atoms with Crippen LogP contribution in [-0.2, 0) is 6.54 Å². The predicted molar refractivity (Wildman–Crippen MR) is 68.2 cm³/mol. The smallest absolute Gasteiger partial charge is 0.407 e. The molecule has 1 saturated heterocycles. The van der Waals surface area contributed by atoms with Crippen molar-refractivity contribution in [1.82, 2.24) is 14.4 Å². The number of rotatable bonds is 3. The van der Waals surface area contributed by atoms with Crippen LogP contribution in [0.2, 0.25) is 0 Å². The molecule has 6 heteroatoms. The van der Waals surface area contributed by atoms with Gasteiger partial charge in [0.25, 0.3) is 0 Å². The van der Waals surface area contributed by atoms with Gasteiger partial charge >= 0.3 is 6.09 Å². The summed E-state index contributed by atoms with van der Waals surface area (Å²) in [5, 5.41) is 8.83. The number of nitrogens with zero attached hydrogens (tertiary/aromatic N) is 3. The van der Waals surface area contributed by atoms with Crippen molar-refractivity contribution < 1.29 is 9.90 Å². The molecule has 1 aliphatic heterocycles. The van der Waals surface area contributed by atoms with Crippen LogP contribution in [0.25, 0.3) is 0 Å². The second kappa shape index (κ2) is 5.55. The van der Waals surface area contributed by atoms with E-state index in [0.29, 0.717) is 13.1 Å². The highest BCUT2D eigenvalue weighted by Gasteiger charge is 2.19. The van der Waals surface area contributed by atoms with Gasteiger partial charge in [-0.2, -0.15) is 0 Å². The molecule has 0 aromatic carbocycles. The average Bonchev–Trinajstić information content (AvgIpc) is 2.73. The van der Waals surface area contributed by atoms with Gasteiger partial charge in [-0.15, -0.1) is 0 Å². The quantitative estimate of drug-likeness (QED) is 0.921. The van der Waals surface area contributed by atoms with Crippen molar-refractivity contribution in [2.75, 3.05) is 32.7 Å². The first-order valence-electron chi connectivity index (χ1n) is 5.66. The molecule has 17 heavy (non-hydrogen) atoms. The molecule has 0 aliphatic carbocycles. The van der Waals surface area contributed by atoms with Gasteiger partial charge < -0.3 is 14.6 Å². The maximum Gasteiger partial charge on any atom is 0.407 e. The van der Waals surface area contributed by atoms with Crippen molar-refractivity contribution in [3.05, 3.63) is 22.9 Å². The zero-order chi connectivity index (χ0) is 12.3. The van der Waals surface area contributed by atoms with Crippen LogP contribution in [-0.4, -0.2) is 58.3 Å². The molecule has 0 radical (unpaired) electrons. The number of amides is 1. The number of carboxylic acid groups (broad SMARTS) is 1. The molecular formula is C11H16BrN3O2. The van der Waals surface area contributed by atoms with Crippen molar-refractivity contribution >= 4 is 22.0 Å². The highest BCUT2D eigenvalue weighted by Crippen LogP contribution is 2.09. The van der Waals surface area contributed by atoms with Gasteiger partial charge in [-0.3, -0.25) is 4.90 Å². The summed E-state index contributed by atoms with van der Waals surface area (Å²) in [6, 6.07) is 2.02. The third kappa shape index (κ3) is 3.47. The Kier molecular flexibility index (Phi) is 4.06. The molecule has 1 amide bonds. The Labute approximate surface area is 109 Å². The van der Waals surface area contributed by atoms with Crippen LogP contribution in [0, 0.1) is 0 Å². The van der Waals surface area contributed by atoms with E-state index in [0.717, 1.165) is 30.7 Å². The number of aromatic nitrogens is 1. The first-order chi connectivity index (χ1) is 8.15. The zero-order valence-corrected chi connectivity index (χ0v) is 11.1. The van der Waals surface area contributed by atoms with E-state index in [2.05, 4.69) is 25.4 Å².